The Hall–Kier alpha value is -3.15. The molecular formula is C21H22N2O4. The summed E-state index contributed by atoms with van der Waals surface area (Å²) in [5.41, 5.74) is 1.35. The van der Waals surface area contributed by atoms with E-state index in [4.69, 9.17) is 4.74 Å². The van der Waals surface area contributed by atoms with Crippen molar-refractivity contribution in [1.29, 1.82) is 0 Å². The minimum Gasteiger partial charge on any atom is -0.497 e. The first-order chi connectivity index (χ1) is 13.0. The van der Waals surface area contributed by atoms with E-state index in [1.165, 1.54) is 11.8 Å². The van der Waals surface area contributed by atoms with Gasteiger partial charge < -0.3 is 15.0 Å². The molecule has 1 fully saturated rings. The van der Waals surface area contributed by atoms with Crippen molar-refractivity contribution < 1.29 is 19.1 Å². The molecule has 2 amide bonds. The molecule has 27 heavy (non-hydrogen) atoms. The number of likely N-dealkylation sites (tertiary alicyclic amines) is 1. The Bertz CT molecular complexity index is 833. The maximum Gasteiger partial charge on any atom is 0.295 e. The van der Waals surface area contributed by atoms with Crippen molar-refractivity contribution in [2.45, 2.75) is 18.9 Å². The predicted molar refractivity (Wildman–Crippen MR) is 101 cm³/mol. The quantitative estimate of drug-likeness (QED) is 0.649. The molecule has 0 unspecified atom stereocenters. The first-order valence-corrected chi connectivity index (χ1v) is 8.79. The summed E-state index contributed by atoms with van der Waals surface area (Å²) in [5, 5.41) is 2.91. The molecule has 0 bridgehead atoms. The van der Waals surface area contributed by atoms with Crippen LogP contribution >= 0.6 is 0 Å². The minimum absolute atomic E-state index is 0.0904. The number of rotatable bonds is 5. The highest BCUT2D eigenvalue weighted by molar-refractivity contribution is 6.42. The molecule has 1 heterocycles. The number of nitrogens with zero attached hydrogens (tertiary/aromatic N) is 1. The highest BCUT2D eigenvalue weighted by atomic mass is 16.5. The number of hydrogen-bond donors (Lipinski definition) is 1. The smallest absolute Gasteiger partial charge is 0.295 e. The Morgan fingerprint density at radius 3 is 2.26 bits per heavy atom. The Kier molecular flexibility index (Phi) is 5.54. The van der Waals surface area contributed by atoms with Crippen molar-refractivity contribution in [2.24, 2.45) is 0 Å². The van der Waals surface area contributed by atoms with Gasteiger partial charge in [-0.25, -0.2) is 0 Å². The van der Waals surface area contributed by atoms with Gasteiger partial charge >= 0.3 is 0 Å². The van der Waals surface area contributed by atoms with Crippen LogP contribution in [0.2, 0.25) is 0 Å². The van der Waals surface area contributed by atoms with Crippen molar-refractivity contribution in [2.75, 3.05) is 20.2 Å². The number of Topliss-reactive ketones (excluding diaryl/α,β-unsaturated/α-hetero) is 1. The van der Waals surface area contributed by atoms with Crippen LogP contribution in [0.1, 0.15) is 28.8 Å². The zero-order chi connectivity index (χ0) is 19.4. The fraction of sp³-hybridized carbons (Fsp3) is 0.286. The van der Waals surface area contributed by atoms with E-state index in [0.29, 0.717) is 18.7 Å². The summed E-state index contributed by atoms with van der Waals surface area (Å²) in [6.45, 7) is 2.12. The van der Waals surface area contributed by atoms with Crippen molar-refractivity contribution in [3.63, 3.8) is 0 Å². The topological polar surface area (TPSA) is 75.7 Å². The standard InChI is InChI=1S/C21H22N2O4/c1-14(24)22-19-13-23(21(26)20(25)16-6-4-3-5-7-16)12-18(19)15-8-10-17(27-2)11-9-15/h3-11,18-19H,12-13H2,1-2H3,(H,22,24)/t18-,19+/m0/s1. The van der Waals surface area contributed by atoms with E-state index in [9.17, 15) is 14.4 Å². The third-order valence-corrected chi connectivity index (χ3v) is 4.77. The molecule has 0 radical (unpaired) electrons. The lowest BCUT2D eigenvalue weighted by Crippen LogP contribution is -2.40. The molecule has 3 rings (SSSR count). The molecule has 1 aliphatic rings. The molecule has 140 valence electrons. The Labute approximate surface area is 158 Å². The van der Waals surface area contributed by atoms with Gasteiger partial charge in [-0.2, -0.15) is 0 Å². The average Bonchev–Trinajstić information content (AvgIpc) is 3.10. The zero-order valence-corrected chi connectivity index (χ0v) is 15.3. The molecule has 6 nitrogen and oxygen atoms in total. The second kappa shape index (κ2) is 8.03. The minimum atomic E-state index is -0.549. The van der Waals surface area contributed by atoms with Gasteiger partial charge in [0.1, 0.15) is 5.75 Å². The number of ether oxygens (including phenoxy) is 1. The highest BCUT2D eigenvalue weighted by Crippen LogP contribution is 2.29. The van der Waals surface area contributed by atoms with Crippen LogP contribution in [-0.2, 0) is 9.59 Å². The number of carbonyl (C=O) groups excluding carboxylic acids is 3. The van der Waals surface area contributed by atoms with Crippen LogP contribution in [-0.4, -0.2) is 48.7 Å². The average molecular weight is 366 g/mol. The summed E-state index contributed by atoms with van der Waals surface area (Å²) in [4.78, 5) is 38.3. The van der Waals surface area contributed by atoms with E-state index >= 15 is 0 Å². The lowest BCUT2D eigenvalue weighted by molar-refractivity contribution is -0.126. The number of methoxy groups -OCH3 is 1. The maximum atomic E-state index is 12.7. The van der Waals surface area contributed by atoms with Gasteiger partial charge in [0.2, 0.25) is 11.7 Å². The van der Waals surface area contributed by atoms with Crippen LogP contribution < -0.4 is 10.1 Å². The van der Waals surface area contributed by atoms with Crippen molar-refractivity contribution in [3.05, 3.63) is 65.7 Å². The summed E-state index contributed by atoms with van der Waals surface area (Å²) in [5.74, 6) is -0.602. The highest BCUT2D eigenvalue weighted by Gasteiger charge is 2.38. The van der Waals surface area contributed by atoms with Gasteiger partial charge in [-0.15, -0.1) is 0 Å². The summed E-state index contributed by atoms with van der Waals surface area (Å²) >= 11 is 0. The summed E-state index contributed by atoms with van der Waals surface area (Å²) < 4.78 is 5.18. The van der Waals surface area contributed by atoms with Crippen LogP contribution in [0.15, 0.2) is 54.6 Å². The van der Waals surface area contributed by atoms with Gasteiger partial charge in [-0.1, -0.05) is 42.5 Å². The maximum absolute atomic E-state index is 12.7. The van der Waals surface area contributed by atoms with Crippen molar-refractivity contribution in [3.8, 4) is 5.75 Å². The third-order valence-electron chi connectivity index (χ3n) is 4.77. The molecule has 1 saturated heterocycles. The molecule has 1 N–H and O–H groups in total. The zero-order valence-electron chi connectivity index (χ0n) is 15.3. The molecule has 6 heteroatoms. The SMILES string of the molecule is COc1ccc([C@@H]2CN(C(=O)C(=O)c3ccccc3)C[C@H]2NC(C)=O)cc1. The van der Waals surface area contributed by atoms with E-state index in [2.05, 4.69) is 5.32 Å². The molecule has 0 spiro atoms. The third kappa shape index (κ3) is 4.16. The first kappa shape index (κ1) is 18.6. The molecule has 0 saturated carbocycles. The summed E-state index contributed by atoms with van der Waals surface area (Å²) in [6.07, 6.45) is 0. The molecule has 2 atom stereocenters. The van der Waals surface area contributed by atoms with Gasteiger partial charge in [0.15, 0.2) is 0 Å². The van der Waals surface area contributed by atoms with Crippen LogP contribution in [0.3, 0.4) is 0 Å². The van der Waals surface area contributed by atoms with E-state index in [1.54, 1.807) is 37.4 Å². The lowest BCUT2D eigenvalue weighted by Gasteiger charge is -2.19. The molecule has 0 aromatic heterocycles. The van der Waals surface area contributed by atoms with Crippen LogP contribution in [0.25, 0.3) is 0 Å². The number of hydrogen-bond acceptors (Lipinski definition) is 4. The number of amides is 2. The lowest BCUT2D eigenvalue weighted by atomic mass is 9.94. The number of carbonyl (C=O) groups is 3. The van der Waals surface area contributed by atoms with Crippen molar-refractivity contribution in [1.82, 2.24) is 10.2 Å². The largest absolute Gasteiger partial charge is 0.497 e. The molecule has 0 aliphatic carbocycles. The van der Waals surface area contributed by atoms with Gasteiger partial charge in [0.05, 0.1) is 13.2 Å². The number of nitrogens with one attached hydrogen (secondary N) is 1. The van der Waals surface area contributed by atoms with Gasteiger partial charge in [0, 0.05) is 31.5 Å². The van der Waals surface area contributed by atoms with Crippen LogP contribution in [0, 0.1) is 0 Å². The monoisotopic (exact) mass is 366 g/mol. The van der Waals surface area contributed by atoms with Crippen LogP contribution in [0.5, 0.6) is 5.75 Å². The van der Waals surface area contributed by atoms with E-state index in [1.807, 2.05) is 24.3 Å². The van der Waals surface area contributed by atoms with E-state index in [-0.39, 0.29) is 17.9 Å². The molecule has 2 aromatic rings. The Morgan fingerprint density at radius 2 is 1.67 bits per heavy atom. The van der Waals surface area contributed by atoms with Gasteiger partial charge in [-0.05, 0) is 17.7 Å². The second-order valence-electron chi connectivity index (χ2n) is 6.59. The van der Waals surface area contributed by atoms with Crippen LogP contribution in [0.4, 0.5) is 0 Å². The van der Waals surface area contributed by atoms with Crippen molar-refractivity contribution >= 4 is 17.6 Å². The Balaban J connectivity index is 1.80. The summed E-state index contributed by atoms with van der Waals surface area (Å²) in [6, 6.07) is 15.8. The normalized spacial score (nSPS) is 18.8. The van der Waals surface area contributed by atoms with E-state index in [0.717, 1.165) is 11.3 Å². The van der Waals surface area contributed by atoms with E-state index < -0.39 is 11.7 Å². The van der Waals surface area contributed by atoms with Gasteiger partial charge in [0.25, 0.3) is 5.91 Å². The fourth-order valence-corrected chi connectivity index (χ4v) is 3.42. The molecule has 1 aliphatic heterocycles. The fourth-order valence-electron chi connectivity index (χ4n) is 3.42. The number of benzene rings is 2. The second-order valence-corrected chi connectivity index (χ2v) is 6.59. The Morgan fingerprint density at radius 1 is 1.00 bits per heavy atom. The summed E-state index contributed by atoms with van der Waals surface area (Å²) in [7, 11) is 1.60. The predicted octanol–water partition coefficient (Wildman–Crippen LogP) is 2.01. The molecule has 2 aromatic carbocycles. The molecular weight excluding hydrogens is 344 g/mol. The first-order valence-electron chi connectivity index (χ1n) is 8.79. The number of ketones is 1. The van der Waals surface area contributed by atoms with Gasteiger partial charge in [-0.3, -0.25) is 14.4 Å².